The zero-order chi connectivity index (χ0) is 21.1. The van der Waals surface area contributed by atoms with Crippen LogP contribution in [-0.2, 0) is 19.6 Å². The van der Waals surface area contributed by atoms with Gasteiger partial charge >= 0.3 is 10.1 Å². The zero-order valence-corrected chi connectivity index (χ0v) is 17.2. The lowest BCUT2D eigenvalue weighted by atomic mass is 10.3. The Kier molecular flexibility index (Phi) is 5.60. The Hall–Kier alpha value is -3.11. The third-order valence-electron chi connectivity index (χ3n) is 4.63. The fourth-order valence-corrected chi connectivity index (χ4v) is 3.80. The summed E-state index contributed by atoms with van der Waals surface area (Å²) < 4.78 is 35.4. The molecule has 1 heterocycles. The number of hydrogen-bond acceptors (Lipinski definition) is 7. The largest absolute Gasteiger partial charge is 0.383 e. The van der Waals surface area contributed by atoms with E-state index < -0.39 is 10.1 Å². The smallest absolute Gasteiger partial charge is 0.339 e. The number of imidazole rings is 1. The van der Waals surface area contributed by atoms with Gasteiger partial charge in [-0.05, 0) is 49.2 Å². The molecule has 0 aliphatic heterocycles. The molecule has 0 bridgehead atoms. The second kappa shape index (κ2) is 8.33. The molecule has 4 rings (SSSR count). The van der Waals surface area contributed by atoms with E-state index in [1.165, 1.54) is 24.3 Å². The quantitative estimate of drug-likeness (QED) is 0.352. The number of rotatable bonds is 9. The molecule has 10 heteroatoms. The molecule has 0 saturated heterocycles. The fourth-order valence-electron chi connectivity index (χ4n) is 2.87. The number of H-pyrrole nitrogens is 1. The van der Waals surface area contributed by atoms with E-state index in [1.54, 1.807) is 25.3 Å². The van der Waals surface area contributed by atoms with Crippen molar-refractivity contribution in [3.63, 3.8) is 0 Å². The number of nitrogens with one attached hydrogen (secondary N) is 3. The number of ether oxygens (including phenoxy) is 1. The van der Waals surface area contributed by atoms with Crippen LogP contribution < -0.4 is 14.8 Å². The van der Waals surface area contributed by atoms with Crippen molar-refractivity contribution in [3.05, 3.63) is 42.5 Å². The van der Waals surface area contributed by atoms with Crippen LogP contribution in [0.2, 0.25) is 0 Å². The highest BCUT2D eigenvalue weighted by Crippen LogP contribution is 2.30. The number of carbonyl (C=O) groups is 1. The summed E-state index contributed by atoms with van der Waals surface area (Å²) in [5.74, 6) is 0.465. The molecule has 1 aliphatic carbocycles. The van der Waals surface area contributed by atoms with Crippen molar-refractivity contribution in [3.8, 4) is 5.75 Å². The minimum atomic E-state index is -4.00. The van der Waals surface area contributed by atoms with Crippen LogP contribution in [0.1, 0.15) is 12.8 Å². The molecule has 9 nitrogen and oxygen atoms in total. The molecule has 1 fully saturated rings. The number of anilines is 2. The van der Waals surface area contributed by atoms with E-state index in [2.05, 4.69) is 20.6 Å². The minimum Gasteiger partial charge on any atom is -0.383 e. The highest BCUT2D eigenvalue weighted by atomic mass is 32.2. The predicted molar refractivity (Wildman–Crippen MR) is 112 cm³/mol. The Labute approximate surface area is 173 Å². The first-order chi connectivity index (χ1) is 14.4. The van der Waals surface area contributed by atoms with Crippen molar-refractivity contribution < 1.29 is 22.1 Å². The predicted octanol–water partition coefficient (Wildman–Crippen LogP) is 2.74. The summed E-state index contributed by atoms with van der Waals surface area (Å²) in [5.41, 5.74) is 1.94. The van der Waals surface area contributed by atoms with Gasteiger partial charge in [0.05, 0.1) is 17.6 Å². The molecular weight excluding hydrogens is 408 g/mol. The molecule has 0 radical (unpaired) electrons. The van der Waals surface area contributed by atoms with Crippen LogP contribution in [0, 0.1) is 5.92 Å². The van der Waals surface area contributed by atoms with Crippen molar-refractivity contribution in [2.75, 3.05) is 30.9 Å². The van der Waals surface area contributed by atoms with Gasteiger partial charge in [0.15, 0.2) is 0 Å². The van der Waals surface area contributed by atoms with Crippen LogP contribution in [0.3, 0.4) is 0 Å². The number of hydrogen-bond donors (Lipinski definition) is 3. The maximum atomic E-state index is 12.6. The second-order valence-electron chi connectivity index (χ2n) is 7.01. The molecule has 1 aromatic heterocycles. The van der Waals surface area contributed by atoms with E-state index in [9.17, 15) is 13.2 Å². The number of carbonyl (C=O) groups excluding carboxylic acids is 1. The number of fused-ring (bicyclic) bond motifs is 1. The molecule has 3 aromatic rings. The van der Waals surface area contributed by atoms with Gasteiger partial charge in [0, 0.05) is 31.3 Å². The summed E-state index contributed by atoms with van der Waals surface area (Å²) in [6.45, 7) is 1.16. The molecule has 30 heavy (non-hydrogen) atoms. The fraction of sp³-hybridized carbons (Fsp3) is 0.300. The normalized spacial score (nSPS) is 13.9. The molecule has 1 amide bonds. The third kappa shape index (κ3) is 4.71. The lowest BCUT2D eigenvalue weighted by Crippen LogP contribution is -2.14. The van der Waals surface area contributed by atoms with E-state index in [4.69, 9.17) is 8.92 Å². The van der Waals surface area contributed by atoms with Crippen LogP contribution in [0.5, 0.6) is 5.75 Å². The van der Waals surface area contributed by atoms with Crippen LogP contribution in [-0.4, -0.2) is 44.6 Å². The summed E-state index contributed by atoms with van der Waals surface area (Å²) >= 11 is 0. The van der Waals surface area contributed by atoms with Crippen molar-refractivity contribution in [1.82, 2.24) is 9.97 Å². The topological polar surface area (TPSA) is 122 Å². The van der Waals surface area contributed by atoms with Crippen molar-refractivity contribution in [1.29, 1.82) is 0 Å². The van der Waals surface area contributed by atoms with Crippen molar-refractivity contribution in [2.24, 2.45) is 5.92 Å². The minimum absolute atomic E-state index is 0.0410. The Balaban J connectivity index is 1.46. The SMILES string of the molecule is COCCNc1ccc(S(=O)(=O)Oc2ccc3[nH]c(NC(=O)C4CC4)nc3c2)cc1. The van der Waals surface area contributed by atoms with E-state index in [0.29, 0.717) is 30.1 Å². The van der Waals surface area contributed by atoms with Crippen LogP contribution >= 0.6 is 0 Å². The Morgan fingerprint density at radius 2 is 1.97 bits per heavy atom. The first kappa shape index (κ1) is 20.2. The number of methoxy groups -OCH3 is 1. The lowest BCUT2D eigenvalue weighted by molar-refractivity contribution is -0.117. The van der Waals surface area contributed by atoms with Gasteiger partial charge in [0.25, 0.3) is 0 Å². The van der Waals surface area contributed by atoms with Gasteiger partial charge in [-0.1, -0.05) is 0 Å². The molecule has 3 N–H and O–H groups in total. The number of nitrogens with zero attached hydrogens (tertiary/aromatic N) is 1. The molecular formula is C20H22N4O5S. The van der Waals surface area contributed by atoms with Gasteiger partial charge < -0.3 is 19.2 Å². The van der Waals surface area contributed by atoms with Gasteiger partial charge in [-0.3, -0.25) is 10.1 Å². The Bertz CT molecular complexity index is 1150. The van der Waals surface area contributed by atoms with Gasteiger partial charge in [-0.2, -0.15) is 8.42 Å². The molecule has 0 atom stereocenters. The average molecular weight is 430 g/mol. The van der Waals surface area contributed by atoms with Gasteiger partial charge in [0.2, 0.25) is 11.9 Å². The Morgan fingerprint density at radius 3 is 2.67 bits per heavy atom. The van der Waals surface area contributed by atoms with Crippen LogP contribution in [0.4, 0.5) is 11.6 Å². The monoisotopic (exact) mass is 430 g/mol. The van der Waals surface area contributed by atoms with Crippen LogP contribution in [0.25, 0.3) is 11.0 Å². The molecule has 0 spiro atoms. The summed E-state index contributed by atoms with van der Waals surface area (Å²) in [5, 5.41) is 5.85. The number of amides is 1. The Morgan fingerprint density at radius 1 is 1.20 bits per heavy atom. The third-order valence-corrected chi connectivity index (χ3v) is 5.89. The van der Waals surface area contributed by atoms with E-state index in [-0.39, 0.29) is 22.5 Å². The van der Waals surface area contributed by atoms with E-state index in [1.807, 2.05) is 0 Å². The first-order valence-electron chi connectivity index (χ1n) is 9.52. The van der Waals surface area contributed by atoms with Gasteiger partial charge in [-0.15, -0.1) is 0 Å². The lowest BCUT2D eigenvalue weighted by Gasteiger charge is -2.09. The number of aromatic amines is 1. The average Bonchev–Trinajstić information content (AvgIpc) is 3.49. The summed E-state index contributed by atoms with van der Waals surface area (Å²) in [6, 6.07) is 11.0. The standard InChI is InChI=1S/C20H22N4O5S/c1-28-11-10-21-14-4-7-16(8-5-14)30(26,27)29-15-6-9-17-18(12-15)23-20(22-17)24-19(25)13-2-3-13/h4-9,12-13,21H,2-3,10-11H2,1H3,(H2,22,23,24,25). The molecule has 1 saturated carbocycles. The van der Waals surface area contributed by atoms with E-state index in [0.717, 1.165) is 18.5 Å². The second-order valence-corrected chi connectivity index (χ2v) is 8.56. The summed E-state index contributed by atoms with van der Waals surface area (Å²) in [6.07, 6.45) is 1.79. The van der Waals surface area contributed by atoms with Crippen molar-refractivity contribution in [2.45, 2.75) is 17.7 Å². The van der Waals surface area contributed by atoms with Gasteiger partial charge in [0.1, 0.15) is 10.6 Å². The maximum absolute atomic E-state index is 12.6. The van der Waals surface area contributed by atoms with Crippen molar-refractivity contribution >= 4 is 38.7 Å². The van der Waals surface area contributed by atoms with Crippen LogP contribution in [0.15, 0.2) is 47.4 Å². The maximum Gasteiger partial charge on any atom is 0.339 e. The highest BCUT2D eigenvalue weighted by molar-refractivity contribution is 7.87. The summed E-state index contributed by atoms with van der Waals surface area (Å²) in [4.78, 5) is 19.2. The number of benzene rings is 2. The molecule has 0 unspecified atom stereocenters. The number of aromatic nitrogens is 2. The first-order valence-corrected chi connectivity index (χ1v) is 10.9. The van der Waals surface area contributed by atoms with E-state index >= 15 is 0 Å². The van der Waals surface area contributed by atoms with Gasteiger partial charge in [-0.25, -0.2) is 4.98 Å². The molecule has 1 aliphatic rings. The molecule has 2 aromatic carbocycles. The zero-order valence-electron chi connectivity index (χ0n) is 16.3. The summed E-state index contributed by atoms with van der Waals surface area (Å²) in [7, 11) is -2.39. The molecule has 158 valence electrons. The highest BCUT2D eigenvalue weighted by Gasteiger charge is 2.30.